The molecular weight excluding hydrogens is 260 g/mol. The molecule has 0 aliphatic carbocycles. The molecule has 2 rings (SSSR count). The first-order chi connectivity index (χ1) is 9.51. The average molecular weight is 270 g/mol. The van der Waals surface area contributed by atoms with Crippen LogP contribution >= 0.6 is 0 Å². The maximum atomic E-state index is 10.9. The number of benzene rings is 1. The van der Waals surface area contributed by atoms with Crippen LogP contribution in [-0.4, -0.2) is 9.91 Å². The number of nitrogens with zero attached hydrogens (tertiary/aromatic N) is 3. The number of hydrogen-bond donors (Lipinski definition) is 1. The molecule has 0 saturated heterocycles. The van der Waals surface area contributed by atoms with Crippen molar-refractivity contribution in [2.75, 3.05) is 5.73 Å². The molecule has 2 N–H and O–H groups in total. The minimum atomic E-state index is -0.606. The van der Waals surface area contributed by atoms with Crippen LogP contribution < -0.4 is 10.5 Å². The number of nitrogens with two attached hydrogens (primary N) is 1. The highest BCUT2D eigenvalue weighted by Gasteiger charge is 2.18. The second-order valence-electron chi connectivity index (χ2n) is 4.01. The Morgan fingerprint density at radius 2 is 2.15 bits per heavy atom. The summed E-state index contributed by atoms with van der Waals surface area (Å²) in [6.07, 6.45) is 0. The van der Waals surface area contributed by atoms with E-state index in [0.29, 0.717) is 11.3 Å². The van der Waals surface area contributed by atoms with Gasteiger partial charge in [0.15, 0.2) is 0 Å². The van der Waals surface area contributed by atoms with Gasteiger partial charge in [0.1, 0.15) is 11.6 Å². The lowest BCUT2D eigenvalue weighted by molar-refractivity contribution is -0.386. The van der Waals surface area contributed by atoms with Gasteiger partial charge >= 0.3 is 11.6 Å². The van der Waals surface area contributed by atoms with E-state index in [1.165, 1.54) is 18.2 Å². The van der Waals surface area contributed by atoms with E-state index in [1.807, 2.05) is 6.07 Å². The van der Waals surface area contributed by atoms with Gasteiger partial charge in [-0.05, 0) is 30.7 Å². The Labute approximate surface area is 114 Å². The molecule has 1 aromatic carbocycles. The van der Waals surface area contributed by atoms with E-state index in [0.717, 1.165) is 5.56 Å². The van der Waals surface area contributed by atoms with E-state index < -0.39 is 4.92 Å². The Bertz CT molecular complexity index is 722. The first kappa shape index (κ1) is 13.3. The van der Waals surface area contributed by atoms with E-state index >= 15 is 0 Å². The van der Waals surface area contributed by atoms with Gasteiger partial charge in [-0.25, -0.2) is 0 Å². The zero-order valence-corrected chi connectivity index (χ0v) is 10.5. The fraction of sp³-hybridized carbons (Fsp3) is 0.0769. The SMILES string of the molecule is Cc1ccc(C#N)cc1Oc1nc(N)ccc1[N+](=O)[O-]. The maximum Gasteiger partial charge on any atom is 0.331 e. The Morgan fingerprint density at radius 3 is 2.80 bits per heavy atom. The van der Waals surface area contributed by atoms with Crippen molar-refractivity contribution >= 4 is 11.5 Å². The summed E-state index contributed by atoms with van der Waals surface area (Å²) in [5, 5.41) is 19.8. The molecule has 0 atom stereocenters. The van der Waals surface area contributed by atoms with Crippen LogP contribution in [0.15, 0.2) is 30.3 Å². The topological polar surface area (TPSA) is 115 Å². The van der Waals surface area contributed by atoms with E-state index in [2.05, 4.69) is 4.98 Å². The maximum absolute atomic E-state index is 10.9. The summed E-state index contributed by atoms with van der Waals surface area (Å²) >= 11 is 0. The lowest BCUT2D eigenvalue weighted by Gasteiger charge is -2.08. The summed E-state index contributed by atoms with van der Waals surface area (Å²) in [6.45, 7) is 1.76. The monoisotopic (exact) mass is 270 g/mol. The van der Waals surface area contributed by atoms with Gasteiger partial charge in [0.2, 0.25) is 0 Å². The zero-order valence-electron chi connectivity index (χ0n) is 10.5. The molecule has 100 valence electrons. The van der Waals surface area contributed by atoms with E-state index in [-0.39, 0.29) is 17.4 Å². The Kier molecular flexibility index (Phi) is 3.48. The van der Waals surface area contributed by atoms with Crippen LogP contribution in [0.2, 0.25) is 0 Å². The first-order valence-electron chi connectivity index (χ1n) is 5.61. The molecule has 0 radical (unpaired) electrons. The molecule has 20 heavy (non-hydrogen) atoms. The number of aromatic nitrogens is 1. The Balaban J connectivity index is 2.47. The summed E-state index contributed by atoms with van der Waals surface area (Å²) in [7, 11) is 0. The van der Waals surface area contributed by atoms with Gasteiger partial charge < -0.3 is 10.5 Å². The zero-order chi connectivity index (χ0) is 14.7. The van der Waals surface area contributed by atoms with Crippen LogP contribution in [0.25, 0.3) is 0 Å². The molecule has 7 nitrogen and oxygen atoms in total. The van der Waals surface area contributed by atoms with Crippen LogP contribution in [-0.2, 0) is 0 Å². The van der Waals surface area contributed by atoms with Crippen molar-refractivity contribution in [1.29, 1.82) is 5.26 Å². The molecule has 1 heterocycles. The minimum Gasteiger partial charge on any atom is -0.433 e. The number of pyridine rings is 1. The third kappa shape index (κ3) is 2.64. The van der Waals surface area contributed by atoms with Crippen molar-refractivity contribution in [2.45, 2.75) is 6.92 Å². The number of nitriles is 1. The second-order valence-corrected chi connectivity index (χ2v) is 4.01. The molecule has 0 aliphatic heterocycles. The summed E-state index contributed by atoms with van der Waals surface area (Å²) in [5.41, 5.74) is 6.33. The lowest BCUT2D eigenvalue weighted by Crippen LogP contribution is -1.99. The van der Waals surface area contributed by atoms with Crippen LogP contribution in [0.1, 0.15) is 11.1 Å². The Morgan fingerprint density at radius 1 is 1.40 bits per heavy atom. The van der Waals surface area contributed by atoms with Crippen molar-refractivity contribution in [2.24, 2.45) is 0 Å². The third-order valence-corrected chi connectivity index (χ3v) is 2.58. The minimum absolute atomic E-state index is 0.111. The number of aryl methyl sites for hydroxylation is 1. The summed E-state index contributed by atoms with van der Waals surface area (Å²) in [6, 6.07) is 9.32. The van der Waals surface area contributed by atoms with Gasteiger partial charge in [-0.3, -0.25) is 10.1 Å². The van der Waals surface area contributed by atoms with Crippen molar-refractivity contribution in [3.05, 3.63) is 51.6 Å². The third-order valence-electron chi connectivity index (χ3n) is 2.58. The number of nitrogen functional groups attached to an aromatic ring is 1. The van der Waals surface area contributed by atoms with E-state index in [1.54, 1.807) is 19.1 Å². The second kappa shape index (κ2) is 5.24. The number of rotatable bonds is 3. The van der Waals surface area contributed by atoms with Crippen LogP contribution in [0.5, 0.6) is 11.6 Å². The number of ether oxygens (including phenoxy) is 1. The molecule has 0 amide bonds. The quantitative estimate of drug-likeness (QED) is 0.676. The highest BCUT2D eigenvalue weighted by atomic mass is 16.6. The molecule has 0 fully saturated rings. The van der Waals surface area contributed by atoms with Crippen LogP contribution in [0.3, 0.4) is 0 Å². The lowest BCUT2D eigenvalue weighted by atomic mass is 10.1. The summed E-state index contributed by atoms with van der Waals surface area (Å²) in [4.78, 5) is 14.1. The fourth-order valence-corrected chi connectivity index (χ4v) is 1.55. The number of anilines is 1. The van der Waals surface area contributed by atoms with Crippen molar-refractivity contribution < 1.29 is 9.66 Å². The van der Waals surface area contributed by atoms with E-state index in [4.69, 9.17) is 15.7 Å². The smallest absolute Gasteiger partial charge is 0.331 e. The van der Waals surface area contributed by atoms with Gasteiger partial charge in [0.25, 0.3) is 0 Å². The highest BCUT2D eigenvalue weighted by Crippen LogP contribution is 2.32. The number of nitro groups is 1. The van der Waals surface area contributed by atoms with Gasteiger partial charge in [-0.2, -0.15) is 10.2 Å². The summed E-state index contributed by atoms with van der Waals surface area (Å²) < 4.78 is 5.44. The Hall–Kier alpha value is -3.14. The van der Waals surface area contributed by atoms with Crippen LogP contribution in [0.4, 0.5) is 11.5 Å². The number of hydrogen-bond acceptors (Lipinski definition) is 6. The first-order valence-corrected chi connectivity index (χ1v) is 5.61. The predicted octanol–water partition coefficient (Wildman–Crippen LogP) is 2.54. The average Bonchev–Trinajstić information content (AvgIpc) is 2.41. The van der Waals surface area contributed by atoms with Gasteiger partial charge in [0.05, 0.1) is 16.6 Å². The predicted molar refractivity (Wildman–Crippen MR) is 71.3 cm³/mol. The van der Waals surface area contributed by atoms with Crippen molar-refractivity contribution in [3.63, 3.8) is 0 Å². The fourth-order valence-electron chi connectivity index (χ4n) is 1.55. The molecule has 0 saturated carbocycles. The van der Waals surface area contributed by atoms with Gasteiger partial charge in [-0.1, -0.05) is 6.07 Å². The molecule has 0 unspecified atom stereocenters. The normalized spacial score (nSPS) is 9.80. The molecule has 0 spiro atoms. The molecule has 7 heteroatoms. The van der Waals surface area contributed by atoms with Crippen molar-refractivity contribution in [3.8, 4) is 17.7 Å². The molecular formula is C13H10N4O3. The molecule has 0 aliphatic rings. The largest absolute Gasteiger partial charge is 0.433 e. The van der Waals surface area contributed by atoms with Crippen LogP contribution in [0, 0.1) is 28.4 Å². The molecule has 0 bridgehead atoms. The van der Waals surface area contributed by atoms with Gasteiger partial charge in [-0.15, -0.1) is 0 Å². The molecule has 1 aromatic heterocycles. The standard InChI is InChI=1S/C13H10N4O3/c1-8-2-3-9(7-14)6-11(8)20-13-10(17(18)19)4-5-12(15)16-13/h2-6H,1H3,(H2,15,16). The highest BCUT2D eigenvalue weighted by molar-refractivity contribution is 5.50. The van der Waals surface area contributed by atoms with E-state index in [9.17, 15) is 10.1 Å². The van der Waals surface area contributed by atoms with Crippen molar-refractivity contribution in [1.82, 2.24) is 4.98 Å². The van der Waals surface area contributed by atoms with Gasteiger partial charge in [0, 0.05) is 6.07 Å². The summed E-state index contributed by atoms with van der Waals surface area (Å²) in [5.74, 6) is 0.234. The molecule has 2 aromatic rings.